The molecule has 0 atom stereocenters. The number of aromatic hydroxyl groups is 1. The van der Waals surface area contributed by atoms with Crippen molar-refractivity contribution in [2.24, 2.45) is 0 Å². The highest BCUT2D eigenvalue weighted by Gasteiger charge is 2.24. The Morgan fingerprint density at radius 1 is 1.35 bits per heavy atom. The average molecular weight is 304 g/mol. The number of nitrogens with zero attached hydrogens (tertiary/aromatic N) is 1. The van der Waals surface area contributed by atoms with Crippen molar-refractivity contribution in [3.8, 4) is 5.75 Å². The number of benzene rings is 1. The van der Waals surface area contributed by atoms with Gasteiger partial charge in [0.25, 0.3) is 0 Å². The number of aliphatic carboxylic acids is 1. The molecule has 0 radical (unpaired) electrons. The van der Waals surface area contributed by atoms with Crippen molar-refractivity contribution in [2.45, 2.75) is 0 Å². The quantitative estimate of drug-likeness (QED) is 0.571. The third-order valence-electron chi connectivity index (χ3n) is 2.30. The molecule has 0 aliphatic heterocycles. The molecular weight excluding hydrogens is 288 g/mol. The minimum atomic E-state index is -4.01. The van der Waals surface area contributed by atoms with Gasteiger partial charge in [0.1, 0.15) is 12.3 Å². The van der Waals surface area contributed by atoms with E-state index in [1.54, 1.807) is 0 Å². The number of carboxylic acids is 1. The number of nitrogens with one attached hydrogen (secondary N) is 1. The maximum absolute atomic E-state index is 12.1. The molecule has 0 fully saturated rings. The lowest BCUT2D eigenvalue weighted by atomic mass is 10.3. The van der Waals surface area contributed by atoms with Gasteiger partial charge in [0.05, 0.1) is 12.3 Å². The predicted octanol–water partition coefficient (Wildman–Crippen LogP) is -0.236. The Balaban J connectivity index is 2.99. The van der Waals surface area contributed by atoms with Crippen LogP contribution in [-0.2, 0) is 19.7 Å². The number of hydrogen-bond donors (Lipinski definition) is 3. The minimum absolute atomic E-state index is 0.0209. The number of carboxylic acid groups (broad SMARTS) is 1. The number of methoxy groups -OCH3 is 1. The van der Waals surface area contributed by atoms with Crippen LogP contribution in [0.4, 0.5) is 5.69 Å². The van der Waals surface area contributed by atoms with Gasteiger partial charge < -0.3 is 14.9 Å². The van der Waals surface area contributed by atoms with Crippen molar-refractivity contribution in [2.75, 3.05) is 31.1 Å². The number of phenols is 1. The van der Waals surface area contributed by atoms with E-state index < -0.39 is 22.7 Å². The molecule has 0 unspecified atom stereocenters. The van der Waals surface area contributed by atoms with Crippen LogP contribution in [0.2, 0.25) is 0 Å². The number of carbonyl (C=O) groups is 1. The van der Waals surface area contributed by atoms with Gasteiger partial charge in [0, 0.05) is 13.7 Å². The zero-order valence-corrected chi connectivity index (χ0v) is 11.6. The SMILES string of the molecule is COCCNS(=O)(=O)N(CC(=O)O)c1ccc(O)cc1. The predicted molar refractivity (Wildman–Crippen MR) is 71.9 cm³/mol. The number of ether oxygens (including phenoxy) is 1. The van der Waals surface area contributed by atoms with Gasteiger partial charge in [-0.25, -0.2) is 4.31 Å². The van der Waals surface area contributed by atoms with Gasteiger partial charge in [0.2, 0.25) is 0 Å². The summed E-state index contributed by atoms with van der Waals surface area (Å²) in [4.78, 5) is 10.8. The van der Waals surface area contributed by atoms with Crippen molar-refractivity contribution in [3.63, 3.8) is 0 Å². The first-order valence-corrected chi connectivity index (χ1v) is 7.08. The second-order valence-electron chi connectivity index (χ2n) is 3.81. The van der Waals surface area contributed by atoms with Crippen LogP contribution in [-0.4, -0.2) is 51.4 Å². The first-order chi connectivity index (χ1) is 9.36. The summed E-state index contributed by atoms with van der Waals surface area (Å²) in [5.74, 6) is -1.34. The molecule has 0 aromatic heterocycles. The minimum Gasteiger partial charge on any atom is -0.508 e. The monoisotopic (exact) mass is 304 g/mol. The van der Waals surface area contributed by atoms with Gasteiger partial charge in [-0.3, -0.25) is 4.79 Å². The van der Waals surface area contributed by atoms with Gasteiger partial charge in [-0.1, -0.05) is 0 Å². The van der Waals surface area contributed by atoms with E-state index in [9.17, 15) is 18.3 Å². The van der Waals surface area contributed by atoms with Gasteiger partial charge in [-0.2, -0.15) is 13.1 Å². The normalized spacial score (nSPS) is 11.2. The van der Waals surface area contributed by atoms with E-state index in [2.05, 4.69) is 4.72 Å². The fourth-order valence-corrected chi connectivity index (χ4v) is 2.58. The van der Waals surface area contributed by atoms with Crippen LogP contribution in [0.25, 0.3) is 0 Å². The fourth-order valence-electron chi connectivity index (χ4n) is 1.41. The van der Waals surface area contributed by atoms with Crippen LogP contribution in [0, 0.1) is 0 Å². The summed E-state index contributed by atoms with van der Waals surface area (Å²) in [6.07, 6.45) is 0. The number of rotatable bonds is 8. The number of hydrogen-bond acceptors (Lipinski definition) is 5. The summed E-state index contributed by atoms with van der Waals surface area (Å²) in [5, 5.41) is 18.0. The maximum Gasteiger partial charge on any atom is 0.324 e. The van der Waals surface area contributed by atoms with E-state index in [0.717, 1.165) is 0 Å². The molecule has 8 nitrogen and oxygen atoms in total. The maximum atomic E-state index is 12.1. The Kier molecular flexibility index (Phi) is 5.74. The highest BCUT2D eigenvalue weighted by molar-refractivity contribution is 7.90. The summed E-state index contributed by atoms with van der Waals surface area (Å²) >= 11 is 0. The molecule has 0 saturated carbocycles. The topological polar surface area (TPSA) is 116 Å². The summed E-state index contributed by atoms with van der Waals surface area (Å²) in [6, 6.07) is 5.17. The van der Waals surface area contributed by atoms with Gasteiger partial charge >= 0.3 is 16.2 Å². The summed E-state index contributed by atoms with van der Waals surface area (Å²) in [5.41, 5.74) is 0.134. The van der Waals surface area contributed by atoms with Crippen LogP contribution >= 0.6 is 0 Å². The second kappa shape index (κ2) is 7.08. The zero-order chi connectivity index (χ0) is 15.2. The standard InChI is InChI=1S/C11H16N2O6S/c1-19-7-6-12-20(17,18)13(8-11(15)16)9-2-4-10(14)5-3-9/h2-5,12,14H,6-8H2,1H3,(H,15,16). The lowest BCUT2D eigenvalue weighted by Crippen LogP contribution is -2.44. The van der Waals surface area contributed by atoms with E-state index >= 15 is 0 Å². The van der Waals surface area contributed by atoms with Crippen LogP contribution in [0.15, 0.2) is 24.3 Å². The Bertz CT molecular complexity index is 543. The van der Waals surface area contributed by atoms with E-state index in [1.165, 1.54) is 31.4 Å². The lowest BCUT2D eigenvalue weighted by Gasteiger charge is -2.22. The first-order valence-electron chi connectivity index (χ1n) is 5.64. The van der Waals surface area contributed by atoms with Crippen molar-refractivity contribution in [3.05, 3.63) is 24.3 Å². The molecule has 0 bridgehead atoms. The Hall–Kier alpha value is -1.84. The average Bonchev–Trinajstić information content (AvgIpc) is 2.37. The molecule has 9 heteroatoms. The summed E-state index contributed by atoms with van der Waals surface area (Å²) in [7, 11) is -2.59. The van der Waals surface area contributed by atoms with Gasteiger partial charge in [0.15, 0.2) is 0 Å². The number of anilines is 1. The molecule has 1 aromatic carbocycles. The molecule has 1 aromatic rings. The van der Waals surface area contributed by atoms with Gasteiger partial charge in [-0.05, 0) is 24.3 Å². The van der Waals surface area contributed by atoms with Crippen molar-refractivity contribution < 1.29 is 28.2 Å². The van der Waals surface area contributed by atoms with Gasteiger partial charge in [-0.15, -0.1) is 0 Å². The van der Waals surface area contributed by atoms with Crippen LogP contribution in [0.3, 0.4) is 0 Å². The van der Waals surface area contributed by atoms with Crippen LogP contribution in [0.1, 0.15) is 0 Å². The number of phenolic OH excluding ortho intramolecular Hbond substituents is 1. The highest BCUT2D eigenvalue weighted by Crippen LogP contribution is 2.20. The molecule has 112 valence electrons. The Labute approximate surface area is 116 Å². The summed E-state index contributed by atoms with van der Waals surface area (Å²) in [6.45, 7) is -0.546. The molecule has 0 spiro atoms. The molecule has 3 N–H and O–H groups in total. The molecule has 1 rings (SSSR count). The van der Waals surface area contributed by atoms with E-state index in [4.69, 9.17) is 9.84 Å². The lowest BCUT2D eigenvalue weighted by molar-refractivity contribution is -0.135. The zero-order valence-electron chi connectivity index (χ0n) is 10.8. The van der Waals surface area contributed by atoms with Crippen molar-refractivity contribution in [1.29, 1.82) is 0 Å². The highest BCUT2D eigenvalue weighted by atomic mass is 32.2. The largest absolute Gasteiger partial charge is 0.508 e. The van der Waals surface area contributed by atoms with E-state index in [1.807, 2.05) is 0 Å². The third-order valence-corrected chi connectivity index (χ3v) is 3.79. The van der Waals surface area contributed by atoms with Crippen molar-refractivity contribution >= 4 is 21.9 Å². The molecular formula is C11H16N2O6S. The molecule has 20 heavy (non-hydrogen) atoms. The van der Waals surface area contributed by atoms with Crippen molar-refractivity contribution in [1.82, 2.24) is 4.72 Å². The first kappa shape index (κ1) is 16.2. The third kappa shape index (κ3) is 4.68. The van der Waals surface area contributed by atoms with E-state index in [0.29, 0.717) is 4.31 Å². The molecule has 0 aliphatic carbocycles. The Morgan fingerprint density at radius 2 is 1.95 bits per heavy atom. The molecule has 0 saturated heterocycles. The molecule has 0 aliphatic rings. The Morgan fingerprint density at radius 3 is 2.45 bits per heavy atom. The fraction of sp³-hybridized carbons (Fsp3) is 0.364. The van der Waals surface area contributed by atoms with Crippen LogP contribution in [0.5, 0.6) is 5.75 Å². The van der Waals surface area contributed by atoms with Crippen LogP contribution < -0.4 is 9.03 Å². The second-order valence-corrected chi connectivity index (χ2v) is 5.49. The smallest absolute Gasteiger partial charge is 0.324 e. The molecule has 0 amide bonds. The molecule has 0 heterocycles. The summed E-state index contributed by atoms with van der Waals surface area (Å²) < 4.78 is 31.8. The van der Waals surface area contributed by atoms with E-state index in [-0.39, 0.29) is 24.6 Å².